The molecule has 88 valence electrons. The Bertz CT molecular complexity index is 377. The van der Waals surface area contributed by atoms with Crippen LogP contribution in [0.3, 0.4) is 0 Å². The first kappa shape index (κ1) is 12.6. The second kappa shape index (κ2) is 4.56. The van der Waals surface area contributed by atoms with Gasteiger partial charge in [0, 0.05) is 0 Å². The van der Waals surface area contributed by atoms with Crippen molar-refractivity contribution in [3.63, 3.8) is 0 Å². The lowest BCUT2D eigenvalue weighted by atomic mass is 9.82. The first-order valence-electron chi connectivity index (χ1n) is 5.32. The van der Waals surface area contributed by atoms with Gasteiger partial charge in [0.2, 0.25) is 0 Å². The standard InChI is InChI=1S/C13H18O3/c1-9(13(2,3)4)12(15)16-11-8-6-5-7-10(11)14/h5-9,14H,1-4H3. The first-order chi connectivity index (χ1) is 7.32. The first-order valence-corrected chi connectivity index (χ1v) is 5.32. The fourth-order valence-corrected chi connectivity index (χ4v) is 1.09. The quantitative estimate of drug-likeness (QED) is 0.618. The van der Waals surface area contributed by atoms with E-state index in [0.717, 1.165) is 0 Å². The highest BCUT2D eigenvalue weighted by Gasteiger charge is 2.28. The zero-order valence-electron chi connectivity index (χ0n) is 10.2. The fourth-order valence-electron chi connectivity index (χ4n) is 1.09. The third-order valence-electron chi connectivity index (χ3n) is 2.73. The van der Waals surface area contributed by atoms with Crippen LogP contribution in [0, 0.1) is 11.3 Å². The zero-order chi connectivity index (χ0) is 12.3. The zero-order valence-corrected chi connectivity index (χ0v) is 10.2. The summed E-state index contributed by atoms with van der Waals surface area (Å²) in [7, 11) is 0. The van der Waals surface area contributed by atoms with Crippen LogP contribution in [0.2, 0.25) is 0 Å². The van der Waals surface area contributed by atoms with Gasteiger partial charge in [-0.15, -0.1) is 0 Å². The van der Waals surface area contributed by atoms with Gasteiger partial charge in [-0.3, -0.25) is 4.79 Å². The number of carbonyl (C=O) groups is 1. The average molecular weight is 222 g/mol. The molecule has 16 heavy (non-hydrogen) atoms. The number of rotatable bonds is 2. The smallest absolute Gasteiger partial charge is 0.314 e. The van der Waals surface area contributed by atoms with Gasteiger partial charge < -0.3 is 9.84 Å². The molecule has 0 bridgehead atoms. The van der Waals surface area contributed by atoms with Crippen LogP contribution in [0.5, 0.6) is 11.5 Å². The third-order valence-corrected chi connectivity index (χ3v) is 2.73. The van der Waals surface area contributed by atoms with Crippen LogP contribution in [0.1, 0.15) is 27.7 Å². The van der Waals surface area contributed by atoms with E-state index in [-0.39, 0.29) is 28.8 Å². The van der Waals surface area contributed by atoms with Crippen LogP contribution in [-0.4, -0.2) is 11.1 Å². The Morgan fingerprint density at radius 2 is 1.88 bits per heavy atom. The second-order valence-corrected chi connectivity index (χ2v) is 4.98. The number of benzene rings is 1. The molecule has 1 aromatic rings. The maximum absolute atomic E-state index is 11.8. The lowest BCUT2D eigenvalue weighted by Gasteiger charge is -2.25. The van der Waals surface area contributed by atoms with Crippen molar-refractivity contribution in [3.8, 4) is 11.5 Å². The average Bonchev–Trinajstić information content (AvgIpc) is 2.19. The highest BCUT2D eigenvalue weighted by molar-refractivity contribution is 5.76. The van der Waals surface area contributed by atoms with Crippen molar-refractivity contribution in [2.45, 2.75) is 27.7 Å². The summed E-state index contributed by atoms with van der Waals surface area (Å²) in [6.45, 7) is 7.75. The largest absolute Gasteiger partial charge is 0.504 e. The van der Waals surface area contributed by atoms with Gasteiger partial charge >= 0.3 is 5.97 Å². The summed E-state index contributed by atoms with van der Waals surface area (Å²) in [5, 5.41) is 9.47. The molecule has 0 amide bonds. The SMILES string of the molecule is CC(C(=O)Oc1ccccc1O)C(C)(C)C. The number of aromatic hydroxyl groups is 1. The van der Waals surface area contributed by atoms with Crippen LogP contribution < -0.4 is 4.74 Å². The molecule has 3 heteroatoms. The fraction of sp³-hybridized carbons (Fsp3) is 0.462. The summed E-state index contributed by atoms with van der Waals surface area (Å²) in [5.74, 6) is -0.360. The van der Waals surface area contributed by atoms with Gasteiger partial charge in [0.05, 0.1) is 5.92 Å². The number of para-hydroxylation sites is 2. The number of carbonyl (C=O) groups excluding carboxylic acids is 1. The summed E-state index contributed by atoms with van der Waals surface area (Å²) in [4.78, 5) is 11.8. The van der Waals surface area contributed by atoms with Crippen LogP contribution in [0.4, 0.5) is 0 Å². The molecule has 0 radical (unpaired) electrons. The van der Waals surface area contributed by atoms with E-state index in [1.807, 2.05) is 27.7 Å². The Balaban J connectivity index is 2.76. The van der Waals surface area contributed by atoms with Crippen LogP contribution in [-0.2, 0) is 4.79 Å². The molecule has 0 fully saturated rings. The Morgan fingerprint density at radius 3 is 2.38 bits per heavy atom. The van der Waals surface area contributed by atoms with E-state index in [2.05, 4.69) is 0 Å². The highest BCUT2D eigenvalue weighted by Crippen LogP contribution is 2.30. The molecule has 1 N–H and O–H groups in total. The van der Waals surface area contributed by atoms with E-state index >= 15 is 0 Å². The van der Waals surface area contributed by atoms with Crippen molar-refractivity contribution in [1.29, 1.82) is 0 Å². The highest BCUT2D eigenvalue weighted by atomic mass is 16.5. The summed E-state index contributed by atoms with van der Waals surface area (Å²) in [6.07, 6.45) is 0. The van der Waals surface area contributed by atoms with Gasteiger partial charge in [-0.25, -0.2) is 0 Å². The van der Waals surface area contributed by atoms with Crippen molar-refractivity contribution in [1.82, 2.24) is 0 Å². The number of hydrogen-bond donors (Lipinski definition) is 1. The Kier molecular flexibility index (Phi) is 3.58. The molecule has 1 atom stereocenters. The molecule has 0 aromatic heterocycles. The van der Waals surface area contributed by atoms with E-state index in [0.29, 0.717) is 0 Å². The molecule has 0 aliphatic heterocycles. The minimum Gasteiger partial charge on any atom is -0.504 e. The van der Waals surface area contributed by atoms with E-state index in [1.165, 1.54) is 6.07 Å². The monoisotopic (exact) mass is 222 g/mol. The van der Waals surface area contributed by atoms with Crippen molar-refractivity contribution < 1.29 is 14.6 Å². The van der Waals surface area contributed by atoms with Crippen molar-refractivity contribution >= 4 is 5.97 Å². The van der Waals surface area contributed by atoms with Crippen LogP contribution in [0.25, 0.3) is 0 Å². The molecule has 0 aliphatic rings. The normalized spacial score (nSPS) is 13.2. The minimum absolute atomic E-state index is 0.0167. The van der Waals surface area contributed by atoms with E-state index < -0.39 is 0 Å². The van der Waals surface area contributed by atoms with Crippen LogP contribution in [0.15, 0.2) is 24.3 Å². The van der Waals surface area contributed by atoms with Gasteiger partial charge in [-0.1, -0.05) is 39.8 Å². The number of esters is 1. The maximum Gasteiger partial charge on any atom is 0.314 e. The second-order valence-electron chi connectivity index (χ2n) is 4.98. The minimum atomic E-state index is -0.325. The summed E-state index contributed by atoms with van der Waals surface area (Å²) < 4.78 is 5.14. The van der Waals surface area contributed by atoms with Crippen molar-refractivity contribution in [2.24, 2.45) is 11.3 Å². The summed E-state index contributed by atoms with van der Waals surface area (Å²) in [6, 6.07) is 6.46. The molecule has 3 nitrogen and oxygen atoms in total. The Hall–Kier alpha value is -1.51. The molecule has 1 rings (SSSR count). The molecule has 0 heterocycles. The lowest BCUT2D eigenvalue weighted by molar-refractivity contribution is -0.141. The van der Waals surface area contributed by atoms with Gasteiger partial charge in [0.25, 0.3) is 0 Å². The Morgan fingerprint density at radius 1 is 1.31 bits per heavy atom. The van der Waals surface area contributed by atoms with Gasteiger partial charge in [0.1, 0.15) is 0 Å². The molecular weight excluding hydrogens is 204 g/mol. The van der Waals surface area contributed by atoms with Gasteiger partial charge in [0.15, 0.2) is 11.5 Å². The number of phenols is 1. The molecule has 0 spiro atoms. The number of phenolic OH excluding ortho intramolecular Hbond substituents is 1. The van der Waals surface area contributed by atoms with Gasteiger partial charge in [-0.05, 0) is 17.5 Å². The van der Waals surface area contributed by atoms with Crippen LogP contribution >= 0.6 is 0 Å². The molecule has 1 aromatic carbocycles. The lowest BCUT2D eigenvalue weighted by Crippen LogP contribution is -2.29. The molecule has 0 saturated carbocycles. The predicted molar refractivity (Wildman–Crippen MR) is 62.4 cm³/mol. The molecule has 0 saturated heterocycles. The summed E-state index contributed by atoms with van der Waals surface area (Å²) >= 11 is 0. The van der Waals surface area contributed by atoms with E-state index in [1.54, 1.807) is 18.2 Å². The van der Waals surface area contributed by atoms with E-state index in [4.69, 9.17) is 4.74 Å². The molecular formula is C13H18O3. The van der Waals surface area contributed by atoms with Gasteiger partial charge in [-0.2, -0.15) is 0 Å². The van der Waals surface area contributed by atoms with Crippen molar-refractivity contribution in [3.05, 3.63) is 24.3 Å². The maximum atomic E-state index is 11.8. The van der Waals surface area contributed by atoms with E-state index in [9.17, 15) is 9.90 Å². The molecule has 1 unspecified atom stereocenters. The predicted octanol–water partition coefficient (Wildman–Crippen LogP) is 2.98. The third kappa shape index (κ3) is 2.99. The summed E-state index contributed by atoms with van der Waals surface area (Å²) in [5.41, 5.74) is -0.151. The molecule has 0 aliphatic carbocycles. The Labute approximate surface area is 96.1 Å². The van der Waals surface area contributed by atoms with Crippen molar-refractivity contribution in [2.75, 3.05) is 0 Å². The number of ether oxygens (including phenoxy) is 1. The topological polar surface area (TPSA) is 46.5 Å². The number of hydrogen-bond acceptors (Lipinski definition) is 3.